The largest absolute Gasteiger partial charge is 0.496 e. The summed E-state index contributed by atoms with van der Waals surface area (Å²) >= 11 is 0. The number of ether oxygens (including phenoxy) is 1. The molecule has 154 valence electrons. The van der Waals surface area contributed by atoms with Gasteiger partial charge in [0, 0.05) is 18.2 Å². The average molecular weight is 392 g/mol. The molecule has 0 radical (unpaired) electrons. The van der Waals surface area contributed by atoms with Crippen LogP contribution in [-0.2, 0) is 6.42 Å². The van der Waals surface area contributed by atoms with Crippen LogP contribution in [0.5, 0.6) is 5.75 Å². The lowest BCUT2D eigenvalue weighted by Crippen LogP contribution is -2.12. The Hall–Kier alpha value is -2.88. The van der Waals surface area contributed by atoms with Gasteiger partial charge in [0.25, 0.3) is 0 Å². The molecule has 0 fully saturated rings. The van der Waals surface area contributed by atoms with Crippen LogP contribution in [0, 0.1) is 13.8 Å². The lowest BCUT2D eigenvalue weighted by molar-refractivity contribution is 0.411. The quantitative estimate of drug-likeness (QED) is 0.336. The molecular formula is C25H33N3O. The second-order valence-electron chi connectivity index (χ2n) is 7.32. The van der Waals surface area contributed by atoms with Gasteiger partial charge in [0.05, 0.1) is 24.3 Å². The van der Waals surface area contributed by atoms with E-state index in [4.69, 9.17) is 10.5 Å². The van der Waals surface area contributed by atoms with E-state index in [0.29, 0.717) is 12.3 Å². The third-order valence-electron chi connectivity index (χ3n) is 5.07. The zero-order valence-electron chi connectivity index (χ0n) is 18.5. The van der Waals surface area contributed by atoms with E-state index in [9.17, 15) is 0 Å². The topological polar surface area (TPSA) is 60.5 Å². The predicted molar refractivity (Wildman–Crippen MR) is 124 cm³/mol. The first-order valence-corrected chi connectivity index (χ1v) is 10.1. The second kappa shape index (κ2) is 10.6. The highest BCUT2D eigenvalue weighted by atomic mass is 16.5. The number of rotatable bonds is 8. The molecule has 2 rings (SSSR count). The first-order chi connectivity index (χ1) is 13.9. The van der Waals surface area contributed by atoms with Crippen molar-refractivity contribution in [1.29, 1.82) is 0 Å². The molecule has 4 nitrogen and oxygen atoms in total. The molecular weight excluding hydrogens is 358 g/mol. The van der Waals surface area contributed by atoms with Crippen LogP contribution >= 0.6 is 0 Å². The molecule has 2 aromatic rings. The van der Waals surface area contributed by atoms with Crippen molar-refractivity contribution < 1.29 is 4.74 Å². The van der Waals surface area contributed by atoms with Gasteiger partial charge in [-0.1, -0.05) is 36.8 Å². The zero-order chi connectivity index (χ0) is 21.4. The summed E-state index contributed by atoms with van der Waals surface area (Å²) in [6.07, 6.45) is 8.73. The van der Waals surface area contributed by atoms with Crippen molar-refractivity contribution in [3.8, 4) is 5.75 Å². The Balaban J connectivity index is 2.20. The average Bonchev–Trinajstić information content (AvgIpc) is 2.72. The SMILES string of the molecule is C/C=C(\C=C(C)CC)c1cnc(C)c(N=C(N)CCc2ccc(C)c(OC)c2)c1. The highest BCUT2D eigenvalue weighted by Gasteiger charge is 2.06. The molecule has 0 unspecified atom stereocenters. The molecule has 1 aromatic heterocycles. The van der Waals surface area contributed by atoms with Crippen molar-refractivity contribution in [2.45, 2.75) is 53.9 Å². The Morgan fingerprint density at radius 2 is 2.00 bits per heavy atom. The summed E-state index contributed by atoms with van der Waals surface area (Å²) in [7, 11) is 1.70. The van der Waals surface area contributed by atoms with Gasteiger partial charge < -0.3 is 10.5 Å². The van der Waals surface area contributed by atoms with E-state index in [1.807, 2.05) is 27.0 Å². The van der Waals surface area contributed by atoms with Crippen LogP contribution < -0.4 is 10.5 Å². The Morgan fingerprint density at radius 1 is 1.24 bits per heavy atom. The van der Waals surface area contributed by atoms with Gasteiger partial charge in [0.15, 0.2) is 0 Å². The van der Waals surface area contributed by atoms with Crippen molar-refractivity contribution in [2.75, 3.05) is 7.11 Å². The van der Waals surface area contributed by atoms with Crippen LogP contribution in [0.2, 0.25) is 0 Å². The van der Waals surface area contributed by atoms with E-state index in [1.54, 1.807) is 7.11 Å². The van der Waals surface area contributed by atoms with E-state index in [1.165, 1.54) is 11.1 Å². The predicted octanol–water partition coefficient (Wildman–Crippen LogP) is 6.09. The van der Waals surface area contributed by atoms with Crippen molar-refractivity contribution >= 4 is 17.1 Å². The summed E-state index contributed by atoms with van der Waals surface area (Å²) in [6, 6.07) is 8.32. The molecule has 0 saturated heterocycles. The number of pyridine rings is 1. The molecule has 0 aliphatic rings. The fourth-order valence-electron chi connectivity index (χ4n) is 3.00. The van der Waals surface area contributed by atoms with Gasteiger partial charge in [-0.2, -0.15) is 0 Å². The maximum Gasteiger partial charge on any atom is 0.122 e. The maximum absolute atomic E-state index is 6.25. The van der Waals surface area contributed by atoms with Gasteiger partial charge in [-0.15, -0.1) is 0 Å². The summed E-state index contributed by atoms with van der Waals surface area (Å²) in [5.74, 6) is 1.51. The summed E-state index contributed by atoms with van der Waals surface area (Å²) in [5.41, 5.74) is 13.8. The second-order valence-corrected chi connectivity index (χ2v) is 7.32. The van der Waals surface area contributed by atoms with Gasteiger partial charge in [0.2, 0.25) is 0 Å². The first kappa shape index (κ1) is 22.4. The molecule has 4 heteroatoms. The lowest BCUT2D eigenvalue weighted by Gasteiger charge is -2.09. The molecule has 0 atom stereocenters. The highest BCUT2D eigenvalue weighted by molar-refractivity contribution is 5.84. The smallest absolute Gasteiger partial charge is 0.122 e. The van der Waals surface area contributed by atoms with E-state index in [2.05, 4.69) is 60.2 Å². The number of aromatic nitrogens is 1. The Bertz CT molecular complexity index is 939. The van der Waals surface area contributed by atoms with Crippen LogP contribution in [0.15, 0.2) is 53.2 Å². The minimum absolute atomic E-state index is 0.605. The van der Waals surface area contributed by atoms with Crippen molar-refractivity contribution in [3.63, 3.8) is 0 Å². The third kappa shape index (κ3) is 6.31. The fourth-order valence-corrected chi connectivity index (χ4v) is 3.00. The number of benzene rings is 1. The lowest BCUT2D eigenvalue weighted by atomic mass is 10.0. The van der Waals surface area contributed by atoms with Crippen molar-refractivity contribution in [3.05, 3.63) is 70.6 Å². The molecule has 2 N–H and O–H groups in total. The number of aryl methyl sites for hydroxylation is 3. The third-order valence-corrected chi connectivity index (χ3v) is 5.07. The molecule has 0 aliphatic heterocycles. The molecule has 1 heterocycles. The fraction of sp³-hybridized carbons (Fsp3) is 0.360. The highest BCUT2D eigenvalue weighted by Crippen LogP contribution is 2.25. The van der Waals surface area contributed by atoms with E-state index in [0.717, 1.165) is 46.7 Å². The van der Waals surface area contributed by atoms with E-state index >= 15 is 0 Å². The zero-order valence-corrected chi connectivity index (χ0v) is 18.5. The summed E-state index contributed by atoms with van der Waals surface area (Å²) in [5, 5.41) is 0. The number of aliphatic imine (C=N–C) groups is 1. The maximum atomic E-state index is 6.25. The van der Waals surface area contributed by atoms with E-state index < -0.39 is 0 Å². The molecule has 0 amide bonds. The van der Waals surface area contributed by atoms with Crippen LogP contribution in [0.1, 0.15) is 56.0 Å². The summed E-state index contributed by atoms with van der Waals surface area (Å²) in [4.78, 5) is 9.20. The van der Waals surface area contributed by atoms with Gasteiger partial charge in [-0.05, 0) is 69.4 Å². The molecule has 29 heavy (non-hydrogen) atoms. The van der Waals surface area contributed by atoms with Gasteiger partial charge in [0.1, 0.15) is 5.75 Å². The molecule has 0 aliphatic carbocycles. The number of hydrogen-bond donors (Lipinski definition) is 1. The van der Waals surface area contributed by atoms with Crippen LogP contribution in [0.4, 0.5) is 5.69 Å². The number of methoxy groups -OCH3 is 1. The number of amidine groups is 1. The number of nitrogens with two attached hydrogens (primary N) is 1. The summed E-state index contributed by atoms with van der Waals surface area (Å²) < 4.78 is 5.41. The Morgan fingerprint density at radius 3 is 2.66 bits per heavy atom. The molecule has 0 bridgehead atoms. The van der Waals surface area contributed by atoms with Gasteiger partial charge >= 0.3 is 0 Å². The minimum Gasteiger partial charge on any atom is -0.496 e. The monoisotopic (exact) mass is 391 g/mol. The standard InChI is InChI=1S/C25H33N3O/c1-7-17(3)13-21(8-2)22-15-23(19(5)27-16-22)28-25(26)12-11-20-10-9-18(4)24(14-20)29-6/h8-10,13-16H,7,11-12H2,1-6H3,(H2,26,28)/b17-13?,21-8+. The first-order valence-electron chi connectivity index (χ1n) is 10.1. The van der Waals surface area contributed by atoms with Crippen molar-refractivity contribution in [1.82, 2.24) is 4.98 Å². The molecule has 0 saturated carbocycles. The van der Waals surface area contributed by atoms with Crippen LogP contribution in [0.3, 0.4) is 0 Å². The van der Waals surface area contributed by atoms with Gasteiger partial charge in [-0.25, -0.2) is 4.99 Å². The van der Waals surface area contributed by atoms with Crippen molar-refractivity contribution in [2.24, 2.45) is 10.7 Å². The van der Waals surface area contributed by atoms with Crippen LogP contribution in [-0.4, -0.2) is 17.9 Å². The van der Waals surface area contributed by atoms with E-state index in [-0.39, 0.29) is 0 Å². The van der Waals surface area contributed by atoms with Crippen LogP contribution in [0.25, 0.3) is 5.57 Å². The normalized spacial score (nSPS) is 13.0. The minimum atomic E-state index is 0.605. The number of allylic oxidation sites excluding steroid dienone is 4. The Kier molecular flexibility index (Phi) is 8.20. The number of hydrogen-bond acceptors (Lipinski definition) is 3. The molecule has 0 spiro atoms. The van der Waals surface area contributed by atoms with Gasteiger partial charge in [-0.3, -0.25) is 4.98 Å². The molecule has 1 aromatic carbocycles. The summed E-state index contributed by atoms with van der Waals surface area (Å²) in [6.45, 7) is 10.3. The Labute approximate surface area is 175 Å². The number of nitrogens with zero attached hydrogens (tertiary/aromatic N) is 2.